The number of hydrogen-bond donors (Lipinski definition) is 3. The molecule has 0 unspecified atom stereocenters. The fourth-order valence-electron chi connectivity index (χ4n) is 1.82. The molecule has 0 atom stereocenters. The summed E-state index contributed by atoms with van der Waals surface area (Å²) >= 11 is 0. The Labute approximate surface area is 115 Å². The van der Waals surface area contributed by atoms with Crippen molar-refractivity contribution < 1.29 is 19.8 Å². The van der Waals surface area contributed by atoms with Crippen molar-refractivity contribution in [1.82, 2.24) is 4.57 Å². The number of nitrogens with zero attached hydrogens (tertiary/aromatic N) is 1. The number of rotatable bonds is 3. The number of carboxylic acid groups (broad SMARTS) is 1. The summed E-state index contributed by atoms with van der Waals surface area (Å²) in [4.78, 5) is 23.0. The maximum absolute atomic E-state index is 12.1. The molecule has 1 heterocycles. The lowest BCUT2D eigenvalue weighted by Crippen LogP contribution is -2.16. The summed E-state index contributed by atoms with van der Waals surface area (Å²) < 4.78 is 1.73. The topological polar surface area (TPSA) is 91.6 Å². The zero-order valence-corrected chi connectivity index (χ0v) is 11.0. The van der Waals surface area contributed by atoms with E-state index in [1.54, 1.807) is 17.7 Å². The van der Waals surface area contributed by atoms with Crippen LogP contribution < -0.4 is 5.32 Å². The van der Waals surface area contributed by atoms with Crippen molar-refractivity contribution in [2.45, 2.75) is 6.92 Å². The Morgan fingerprint density at radius 2 is 1.90 bits per heavy atom. The Balaban J connectivity index is 2.26. The number of aromatic nitrogens is 1. The Morgan fingerprint density at radius 1 is 1.20 bits per heavy atom. The lowest BCUT2D eigenvalue weighted by molar-refractivity contribution is 0.0693. The Hall–Kier alpha value is -2.76. The summed E-state index contributed by atoms with van der Waals surface area (Å²) in [6.07, 6.45) is 0. The summed E-state index contributed by atoms with van der Waals surface area (Å²) in [7, 11) is 1.77. The molecule has 0 fully saturated rings. The van der Waals surface area contributed by atoms with E-state index in [0.29, 0.717) is 11.4 Å². The molecule has 20 heavy (non-hydrogen) atoms. The first kappa shape index (κ1) is 13.7. The van der Waals surface area contributed by atoms with Crippen LogP contribution in [0.15, 0.2) is 30.3 Å². The molecule has 0 saturated carbocycles. The van der Waals surface area contributed by atoms with E-state index in [4.69, 9.17) is 5.11 Å². The predicted octanol–water partition coefficient (Wildman–Crippen LogP) is 1.99. The highest BCUT2D eigenvalue weighted by atomic mass is 16.4. The lowest BCUT2D eigenvalue weighted by Gasteiger charge is -2.08. The summed E-state index contributed by atoms with van der Waals surface area (Å²) in [5.74, 6) is -1.94. The van der Waals surface area contributed by atoms with Crippen molar-refractivity contribution >= 4 is 17.6 Å². The monoisotopic (exact) mass is 274 g/mol. The third-order valence-corrected chi connectivity index (χ3v) is 3.09. The van der Waals surface area contributed by atoms with Gasteiger partial charge < -0.3 is 20.1 Å². The molecule has 0 radical (unpaired) electrons. The second kappa shape index (κ2) is 5.08. The van der Waals surface area contributed by atoms with Crippen LogP contribution in [0.5, 0.6) is 5.75 Å². The van der Waals surface area contributed by atoms with Crippen LogP contribution in [0, 0.1) is 6.92 Å². The highest BCUT2D eigenvalue weighted by molar-refractivity contribution is 6.04. The average molecular weight is 274 g/mol. The van der Waals surface area contributed by atoms with E-state index < -0.39 is 5.97 Å². The molecule has 0 spiro atoms. The van der Waals surface area contributed by atoms with Crippen LogP contribution in [0.4, 0.5) is 5.69 Å². The van der Waals surface area contributed by atoms with Gasteiger partial charge in [0.15, 0.2) is 0 Å². The number of phenols is 1. The zero-order chi connectivity index (χ0) is 14.9. The van der Waals surface area contributed by atoms with Crippen LogP contribution in [0.2, 0.25) is 0 Å². The average Bonchev–Trinajstić information content (AvgIpc) is 2.72. The van der Waals surface area contributed by atoms with Gasteiger partial charge in [0.1, 0.15) is 17.0 Å². The van der Waals surface area contributed by atoms with E-state index in [2.05, 4.69) is 5.32 Å². The molecular weight excluding hydrogens is 260 g/mol. The van der Waals surface area contributed by atoms with Crippen LogP contribution in [0.25, 0.3) is 0 Å². The molecule has 6 nitrogen and oxygen atoms in total. The van der Waals surface area contributed by atoms with Crippen LogP contribution in [-0.2, 0) is 7.05 Å². The van der Waals surface area contributed by atoms with E-state index in [9.17, 15) is 14.7 Å². The zero-order valence-electron chi connectivity index (χ0n) is 11.0. The number of aryl methyl sites for hydroxylation is 1. The SMILES string of the molecule is Cc1ccc(C(=O)Nc2ccc(O)c(C(=O)O)c2)n1C. The van der Waals surface area contributed by atoms with E-state index in [1.165, 1.54) is 18.2 Å². The summed E-state index contributed by atoms with van der Waals surface area (Å²) in [6, 6.07) is 7.38. The van der Waals surface area contributed by atoms with Gasteiger partial charge in [0.25, 0.3) is 5.91 Å². The first-order chi connectivity index (χ1) is 9.40. The van der Waals surface area contributed by atoms with Crippen molar-refractivity contribution in [2.75, 3.05) is 5.32 Å². The minimum atomic E-state index is -1.26. The van der Waals surface area contributed by atoms with Crippen LogP contribution in [-0.4, -0.2) is 26.7 Å². The highest BCUT2D eigenvalue weighted by Crippen LogP contribution is 2.22. The molecular formula is C14H14N2O4. The number of anilines is 1. The van der Waals surface area contributed by atoms with Gasteiger partial charge in [-0.25, -0.2) is 4.79 Å². The molecule has 2 rings (SSSR count). The molecule has 2 aromatic rings. The molecule has 0 saturated heterocycles. The molecule has 1 amide bonds. The number of hydrogen-bond acceptors (Lipinski definition) is 3. The molecule has 1 aromatic heterocycles. The maximum atomic E-state index is 12.1. The summed E-state index contributed by atoms with van der Waals surface area (Å²) in [6.45, 7) is 1.87. The van der Waals surface area contributed by atoms with Crippen molar-refractivity contribution in [3.63, 3.8) is 0 Å². The smallest absolute Gasteiger partial charge is 0.339 e. The number of amides is 1. The Kier molecular flexibility index (Phi) is 3.47. The van der Waals surface area contributed by atoms with Crippen LogP contribution in [0.3, 0.4) is 0 Å². The van der Waals surface area contributed by atoms with E-state index in [1.807, 2.05) is 13.0 Å². The predicted molar refractivity (Wildman–Crippen MR) is 73.2 cm³/mol. The summed E-state index contributed by atoms with van der Waals surface area (Å²) in [5.41, 5.74) is 1.45. The fraction of sp³-hybridized carbons (Fsp3) is 0.143. The lowest BCUT2D eigenvalue weighted by atomic mass is 10.1. The number of carboxylic acids is 1. The van der Waals surface area contributed by atoms with Crippen LogP contribution >= 0.6 is 0 Å². The molecule has 0 aliphatic heterocycles. The van der Waals surface area contributed by atoms with Crippen molar-refractivity contribution in [1.29, 1.82) is 0 Å². The van der Waals surface area contributed by atoms with Crippen molar-refractivity contribution in [3.8, 4) is 5.75 Å². The van der Waals surface area contributed by atoms with Gasteiger partial charge in [-0.2, -0.15) is 0 Å². The van der Waals surface area contributed by atoms with Gasteiger partial charge in [0.05, 0.1) is 0 Å². The van der Waals surface area contributed by atoms with Gasteiger partial charge in [-0.3, -0.25) is 4.79 Å². The minimum absolute atomic E-state index is 0.258. The number of carbonyl (C=O) groups is 2. The third kappa shape index (κ3) is 2.49. The fourth-order valence-corrected chi connectivity index (χ4v) is 1.82. The van der Waals surface area contributed by atoms with E-state index in [-0.39, 0.29) is 17.2 Å². The number of carbonyl (C=O) groups excluding carboxylic acids is 1. The number of aromatic carboxylic acids is 1. The molecule has 0 aliphatic carbocycles. The number of nitrogens with one attached hydrogen (secondary N) is 1. The van der Waals surface area contributed by atoms with E-state index >= 15 is 0 Å². The highest BCUT2D eigenvalue weighted by Gasteiger charge is 2.14. The second-order valence-corrected chi connectivity index (χ2v) is 4.41. The quantitative estimate of drug-likeness (QED) is 0.746. The maximum Gasteiger partial charge on any atom is 0.339 e. The van der Waals surface area contributed by atoms with Gasteiger partial charge in [0, 0.05) is 18.4 Å². The van der Waals surface area contributed by atoms with Gasteiger partial charge in [-0.1, -0.05) is 0 Å². The molecule has 0 bridgehead atoms. The molecule has 6 heteroatoms. The molecule has 104 valence electrons. The largest absolute Gasteiger partial charge is 0.507 e. The molecule has 3 N–H and O–H groups in total. The Morgan fingerprint density at radius 3 is 2.45 bits per heavy atom. The second-order valence-electron chi connectivity index (χ2n) is 4.41. The number of benzene rings is 1. The molecule has 0 aliphatic rings. The van der Waals surface area contributed by atoms with Crippen LogP contribution in [0.1, 0.15) is 26.5 Å². The minimum Gasteiger partial charge on any atom is -0.507 e. The van der Waals surface area contributed by atoms with Crippen molar-refractivity contribution in [2.24, 2.45) is 7.05 Å². The molecule has 1 aromatic carbocycles. The van der Waals surface area contributed by atoms with Gasteiger partial charge in [-0.15, -0.1) is 0 Å². The third-order valence-electron chi connectivity index (χ3n) is 3.09. The number of aromatic hydroxyl groups is 1. The first-order valence-corrected chi connectivity index (χ1v) is 5.90. The van der Waals surface area contributed by atoms with Gasteiger partial charge >= 0.3 is 5.97 Å². The first-order valence-electron chi connectivity index (χ1n) is 5.90. The van der Waals surface area contributed by atoms with Gasteiger partial charge in [0.2, 0.25) is 0 Å². The van der Waals surface area contributed by atoms with E-state index in [0.717, 1.165) is 5.69 Å². The summed E-state index contributed by atoms with van der Waals surface area (Å²) in [5, 5.41) is 20.9. The van der Waals surface area contributed by atoms with Gasteiger partial charge in [-0.05, 0) is 37.3 Å². The van der Waals surface area contributed by atoms with Crippen molar-refractivity contribution in [3.05, 3.63) is 47.3 Å². The normalized spacial score (nSPS) is 10.3. The Bertz CT molecular complexity index is 688. The standard InChI is InChI=1S/C14H14N2O4/c1-8-3-5-11(16(8)2)13(18)15-9-4-6-12(17)10(7-9)14(19)20/h3-7,17H,1-2H3,(H,15,18)(H,19,20).